The van der Waals surface area contributed by atoms with Gasteiger partial charge in [-0.1, -0.05) is 298 Å². The van der Waals surface area contributed by atoms with Crippen LogP contribution in [-0.2, 0) is 38.5 Å². The monoisotopic (exact) mass is 1800 g/mol. The van der Waals surface area contributed by atoms with Gasteiger partial charge in [0.25, 0.3) is 0 Å². The van der Waals surface area contributed by atoms with E-state index in [0.29, 0.717) is 0 Å². The molecule has 0 amide bonds. The van der Waals surface area contributed by atoms with Crippen molar-refractivity contribution in [3.8, 4) is 66.8 Å². The molecule has 0 saturated carbocycles. The second-order valence-corrected chi connectivity index (χ2v) is 37.2. The Balaban J connectivity index is 0.682. The molecule has 0 fully saturated rings. The lowest BCUT2D eigenvalue weighted by molar-refractivity contribution is 0.795. The standard InChI is InChI=1S/C132H126N6/c1-7-13-19-97-25-61-115(62-26-97)133-121-73-37-103(38-74-121)105-41-77-123(78-42-105)134(116-63-27-98(28-64-116)20-14-8-2)125-81-45-107(46-82-125)109-49-85-127(86-50-109)136(118-67-31-100(32-68-118)22-16-10-4)129-89-53-111(54-90-129)113-57-93-131(94-58-113)138(120-71-35-102(36-72-120)24-18-12-6)132-95-59-114(60-96-132)112-55-91-130(92-56-112)137(119-69-33-101(34-70-119)23-17-11-5)128-87-51-110(52-88-128)108-47-83-126(84-48-108)135(117-65-29-99(30-66-117)21-15-9-3)124-79-43-106(44-80-124)104-39-75-122(133)76-40-104/h25-96H,7-24H2,1-6H3. The minimum atomic E-state index is 1.07. The summed E-state index contributed by atoms with van der Waals surface area (Å²) < 4.78 is 0. The summed E-state index contributed by atoms with van der Waals surface area (Å²) in [7, 11) is 0. The maximum absolute atomic E-state index is 2.40. The number of rotatable bonds is 24. The van der Waals surface area contributed by atoms with Crippen molar-refractivity contribution in [3.63, 3.8) is 0 Å². The zero-order valence-corrected chi connectivity index (χ0v) is 81.0. The molecule has 18 aromatic carbocycles. The summed E-state index contributed by atoms with van der Waals surface area (Å²) in [4.78, 5) is 14.4. The van der Waals surface area contributed by atoms with Crippen LogP contribution in [0, 0.1) is 0 Å². The average molecular weight is 1800 g/mol. The lowest BCUT2D eigenvalue weighted by atomic mass is 10.0. The Bertz CT molecular complexity index is 5530. The van der Waals surface area contributed by atoms with Gasteiger partial charge in [-0.2, -0.15) is 0 Å². The molecule has 0 spiro atoms. The highest BCUT2D eigenvalue weighted by atomic mass is 15.2. The molecular formula is C132H126N6. The van der Waals surface area contributed by atoms with E-state index < -0.39 is 0 Å². The van der Waals surface area contributed by atoms with Crippen LogP contribution in [0.3, 0.4) is 0 Å². The number of aryl methyl sites for hydroxylation is 6. The molecule has 0 N–H and O–H groups in total. The van der Waals surface area contributed by atoms with Crippen LogP contribution in [0.15, 0.2) is 437 Å². The van der Waals surface area contributed by atoms with Gasteiger partial charge in [0.05, 0.1) is 0 Å². The van der Waals surface area contributed by atoms with E-state index in [2.05, 4.69) is 508 Å². The van der Waals surface area contributed by atoms with Gasteiger partial charge in [0, 0.05) is 102 Å². The molecule has 0 aromatic heterocycles. The molecule has 138 heavy (non-hydrogen) atoms. The van der Waals surface area contributed by atoms with Crippen molar-refractivity contribution in [1.29, 1.82) is 0 Å². The minimum Gasteiger partial charge on any atom is -0.311 e. The van der Waals surface area contributed by atoms with Gasteiger partial charge in [-0.15, -0.1) is 0 Å². The molecule has 19 heterocycles. The van der Waals surface area contributed by atoms with Crippen LogP contribution in [0.1, 0.15) is 152 Å². The highest BCUT2D eigenvalue weighted by Crippen LogP contribution is 2.47. The van der Waals surface area contributed by atoms with Gasteiger partial charge in [-0.3, -0.25) is 0 Å². The molecule has 0 aliphatic carbocycles. The molecule has 6 nitrogen and oxygen atoms in total. The van der Waals surface area contributed by atoms with E-state index in [0.717, 1.165) is 246 Å². The first-order valence-electron chi connectivity index (χ1n) is 50.7. The lowest BCUT2D eigenvalue weighted by Crippen LogP contribution is -2.10. The van der Waals surface area contributed by atoms with Gasteiger partial charge in [0.1, 0.15) is 0 Å². The Morgan fingerprint density at radius 2 is 0.174 bits per heavy atom. The van der Waals surface area contributed by atoms with Crippen molar-refractivity contribution in [2.45, 2.75) is 157 Å². The molecule has 19 aliphatic rings. The predicted octanol–water partition coefficient (Wildman–Crippen LogP) is 38.9. The maximum atomic E-state index is 2.40. The van der Waals surface area contributed by atoms with E-state index in [9.17, 15) is 0 Å². The normalized spacial score (nSPS) is 12.1. The minimum absolute atomic E-state index is 1.07. The van der Waals surface area contributed by atoms with Crippen LogP contribution < -0.4 is 29.4 Å². The van der Waals surface area contributed by atoms with Crippen molar-refractivity contribution in [3.05, 3.63) is 470 Å². The number of nitrogens with zero attached hydrogens (tertiary/aromatic N) is 6. The SMILES string of the molecule is CCCCc1ccc(N2c3ccc(cc3)-c3ccc(cc3)N(c3ccc(CCCC)cc3)c3ccc(cc3)-c3ccc(cc3)N(c3ccc(CCCC)cc3)c3ccc(cc3)-c3ccc(cc3)N(c3ccc(CCCC)cc3)c3ccc(cc3)-c3ccc(cc3)N(c3ccc(CCCC)cc3)c3ccc(cc3)-c3ccc(cc3)N(c3ccc(CCCC)cc3)c3ccc(cc3)-c3ccc2cc3)cc1. The van der Waals surface area contributed by atoms with Gasteiger partial charge in [0.15, 0.2) is 0 Å². The van der Waals surface area contributed by atoms with E-state index in [-0.39, 0.29) is 0 Å². The van der Waals surface area contributed by atoms with Crippen LogP contribution >= 0.6 is 0 Å². The molecule has 24 bridgehead atoms. The average Bonchev–Trinajstić information content (AvgIpc) is 0.798. The molecule has 0 saturated heterocycles. The Labute approximate surface area is 820 Å². The van der Waals surface area contributed by atoms with Crippen molar-refractivity contribution in [1.82, 2.24) is 0 Å². The molecule has 18 aromatic rings. The lowest BCUT2D eigenvalue weighted by Gasteiger charge is -2.27. The second kappa shape index (κ2) is 44.1. The zero-order valence-electron chi connectivity index (χ0n) is 81.0. The van der Waals surface area contributed by atoms with Gasteiger partial charge >= 0.3 is 0 Å². The molecule has 0 radical (unpaired) electrons. The molecule has 6 heteroatoms. The van der Waals surface area contributed by atoms with E-state index >= 15 is 0 Å². The van der Waals surface area contributed by atoms with E-state index in [4.69, 9.17) is 0 Å². The third kappa shape index (κ3) is 21.4. The number of benzene rings is 18. The summed E-state index contributed by atoms with van der Waals surface area (Å²) in [6, 6.07) is 165. The van der Waals surface area contributed by atoms with Gasteiger partial charge < -0.3 is 29.4 Å². The maximum Gasteiger partial charge on any atom is 0.0462 e. The number of unbranched alkanes of at least 4 members (excludes halogenated alkanes) is 6. The van der Waals surface area contributed by atoms with Crippen molar-refractivity contribution in [2.75, 3.05) is 29.4 Å². The number of hydrogen-bond donors (Lipinski definition) is 0. The molecule has 19 aliphatic heterocycles. The Kier molecular flexibility index (Phi) is 29.3. The van der Waals surface area contributed by atoms with E-state index in [1.807, 2.05) is 0 Å². The summed E-state index contributed by atoms with van der Waals surface area (Å²) >= 11 is 0. The Morgan fingerprint density at radius 3 is 0.246 bits per heavy atom. The quantitative estimate of drug-likeness (QED) is 0.0596. The Morgan fingerprint density at radius 1 is 0.101 bits per heavy atom. The molecule has 37 rings (SSSR count). The Hall–Kier alpha value is -15.2. The molecular weight excluding hydrogens is 1670 g/mol. The summed E-state index contributed by atoms with van der Waals surface area (Å²) in [6.07, 6.45) is 20.4. The predicted molar refractivity (Wildman–Crippen MR) is 592 cm³/mol. The first-order valence-corrected chi connectivity index (χ1v) is 50.7. The highest BCUT2D eigenvalue weighted by molar-refractivity contribution is 5.89. The molecule has 684 valence electrons. The fourth-order valence-corrected chi connectivity index (χ4v) is 19.5. The molecule has 0 atom stereocenters. The van der Waals surface area contributed by atoms with Crippen molar-refractivity contribution in [2.24, 2.45) is 0 Å². The topological polar surface area (TPSA) is 19.4 Å². The zero-order chi connectivity index (χ0) is 93.9. The van der Waals surface area contributed by atoms with Crippen LogP contribution in [0.4, 0.5) is 102 Å². The second-order valence-electron chi connectivity index (χ2n) is 37.2. The highest BCUT2D eigenvalue weighted by Gasteiger charge is 2.24. The van der Waals surface area contributed by atoms with Gasteiger partial charge in [-0.05, 0) is 396 Å². The van der Waals surface area contributed by atoms with Crippen molar-refractivity contribution < 1.29 is 0 Å². The summed E-state index contributed by atoms with van der Waals surface area (Å²) in [5.74, 6) is 0. The van der Waals surface area contributed by atoms with Crippen molar-refractivity contribution >= 4 is 102 Å². The van der Waals surface area contributed by atoms with Crippen LogP contribution in [0.25, 0.3) is 66.8 Å². The van der Waals surface area contributed by atoms with E-state index in [1.165, 1.54) is 71.9 Å². The smallest absolute Gasteiger partial charge is 0.0462 e. The summed E-state index contributed by atoms with van der Waals surface area (Å²) in [6.45, 7) is 13.6. The van der Waals surface area contributed by atoms with Crippen LogP contribution in [-0.4, -0.2) is 0 Å². The van der Waals surface area contributed by atoms with E-state index in [1.54, 1.807) is 0 Å². The first kappa shape index (κ1) is 91.9. The number of anilines is 18. The largest absolute Gasteiger partial charge is 0.311 e. The fourth-order valence-electron chi connectivity index (χ4n) is 19.5. The van der Waals surface area contributed by atoms with Gasteiger partial charge in [0.2, 0.25) is 0 Å². The van der Waals surface area contributed by atoms with Crippen LogP contribution in [0.2, 0.25) is 0 Å². The van der Waals surface area contributed by atoms with Gasteiger partial charge in [-0.25, -0.2) is 0 Å². The summed E-state index contributed by atoms with van der Waals surface area (Å²) in [5.41, 5.74) is 41.8. The molecule has 0 unspecified atom stereocenters. The number of hydrogen-bond acceptors (Lipinski definition) is 6. The summed E-state index contributed by atoms with van der Waals surface area (Å²) in [5, 5.41) is 0. The fraction of sp³-hybridized carbons (Fsp3) is 0.182. The third-order valence-electron chi connectivity index (χ3n) is 27.6. The first-order chi connectivity index (χ1) is 68.1. The van der Waals surface area contributed by atoms with Crippen LogP contribution in [0.5, 0.6) is 0 Å². The third-order valence-corrected chi connectivity index (χ3v) is 27.6.